The Balaban J connectivity index is 2.31. The number of aromatic nitrogens is 3. The van der Waals surface area contributed by atoms with Gasteiger partial charge in [-0.2, -0.15) is 0 Å². The van der Waals surface area contributed by atoms with Crippen LogP contribution in [0, 0.1) is 0 Å². The molecule has 0 bridgehead atoms. The molecule has 0 aliphatic rings. The molecule has 14 heavy (non-hydrogen) atoms. The van der Waals surface area contributed by atoms with Crippen molar-refractivity contribution >= 4 is 0 Å². The summed E-state index contributed by atoms with van der Waals surface area (Å²) in [5, 5.41) is 9.26. The van der Waals surface area contributed by atoms with E-state index in [1.807, 2.05) is 12.1 Å². The van der Waals surface area contributed by atoms with E-state index in [0.717, 1.165) is 11.4 Å². The average molecular weight is 189 g/mol. The second kappa shape index (κ2) is 4.02. The number of aliphatic hydroxyl groups excluding tert-OH is 1. The van der Waals surface area contributed by atoms with Gasteiger partial charge in [0.05, 0.1) is 12.5 Å². The summed E-state index contributed by atoms with van der Waals surface area (Å²) in [5.74, 6) is 0.652. The fourth-order valence-electron chi connectivity index (χ4n) is 1.40. The molecule has 0 aromatic carbocycles. The number of aromatic amines is 1. The van der Waals surface area contributed by atoms with E-state index in [0.29, 0.717) is 0 Å². The van der Waals surface area contributed by atoms with Crippen LogP contribution in [-0.4, -0.2) is 26.7 Å². The monoisotopic (exact) mass is 189 g/mol. The molecule has 0 aliphatic carbocycles. The number of hydrogen-bond donors (Lipinski definition) is 2. The van der Waals surface area contributed by atoms with E-state index in [2.05, 4.69) is 15.0 Å². The molecule has 2 aromatic rings. The van der Waals surface area contributed by atoms with Gasteiger partial charge < -0.3 is 10.1 Å². The van der Waals surface area contributed by atoms with E-state index in [1.165, 1.54) is 0 Å². The second-order valence-electron chi connectivity index (χ2n) is 3.00. The standard InChI is InChI=1S/C10H11N3O/c14-7-9(10-12-4-5-13-10)8-2-1-3-11-6-8/h1-6,9,14H,7H2,(H,12,13). The van der Waals surface area contributed by atoms with Crippen LogP contribution in [0.25, 0.3) is 0 Å². The summed E-state index contributed by atoms with van der Waals surface area (Å²) in [6, 6.07) is 3.78. The lowest BCUT2D eigenvalue weighted by Gasteiger charge is -2.10. The summed E-state index contributed by atoms with van der Waals surface area (Å²) < 4.78 is 0. The molecule has 2 heterocycles. The van der Waals surface area contributed by atoms with Crippen molar-refractivity contribution in [2.24, 2.45) is 0 Å². The van der Waals surface area contributed by atoms with Crippen LogP contribution in [0.3, 0.4) is 0 Å². The van der Waals surface area contributed by atoms with Gasteiger partial charge in [0.15, 0.2) is 0 Å². The molecule has 4 nitrogen and oxygen atoms in total. The minimum absolute atomic E-state index is 0.0270. The molecular weight excluding hydrogens is 178 g/mol. The predicted octanol–water partition coefficient (Wildman–Crippen LogP) is 0.929. The highest BCUT2D eigenvalue weighted by atomic mass is 16.3. The SMILES string of the molecule is OCC(c1cccnc1)c1ncc[nH]1. The van der Waals surface area contributed by atoms with Crippen molar-refractivity contribution in [2.45, 2.75) is 5.92 Å². The van der Waals surface area contributed by atoms with Crippen molar-refractivity contribution in [2.75, 3.05) is 6.61 Å². The lowest BCUT2D eigenvalue weighted by atomic mass is 10.0. The van der Waals surface area contributed by atoms with Crippen molar-refractivity contribution in [1.82, 2.24) is 15.0 Å². The maximum absolute atomic E-state index is 9.26. The molecule has 2 aromatic heterocycles. The first-order valence-corrected chi connectivity index (χ1v) is 4.42. The Morgan fingerprint density at radius 1 is 1.43 bits per heavy atom. The zero-order valence-corrected chi connectivity index (χ0v) is 7.59. The molecule has 2 rings (SSSR count). The predicted molar refractivity (Wildman–Crippen MR) is 51.8 cm³/mol. The van der Waals surface area contributed by atoms with Crippen LogP contribution in [0.1, 0.15) is 17.3 Å². The molecule has 72 valence electrons. The van der Waals surface area contributed by atoms with E-state index in [4.69, 9.17) is 0 Å². The van der Waals surface area contributed by atoms with Gasteiger partial charge >= 0.3 is 0 Å². The minimum Gasteiger partial charge on any atom is -0.395 e. The molecular formula is C10H11N3O. The van der Waals surface area contributed by atoms with Crippen LogP contribution in [-0.2, 0) is 0 Å². The van der Waals surface area contributed by atoms with Crippen LogP contribution < -0.4 is 0 Å². The number of pyridine rings is 1. The zero-order valence-electron chi connectivity index (χ0n) is 7.59. The molecule has 0 spiro atoms. The lowest BCUT2D eigenvalue weighted by molar-refractivity contribution is 0.277. The third-order valence-electron chi connectivity index (χ3n) is 2.12. The van der Waals surface area contributed by atoms with Gasteiger partial charge in [0, 0.05) is 24.8 Å². The fraction of sp³-hybridized carbons (Fsp3) is 0.200. The number of nitrogens with zero attached hydrogens (tertiary/aromatic N) is 2. The van der Waals surface area contributed by atoms with Gasteiger partial charge in [0.2, 0.25) is 0 Å². The van der Waals surface area contributed by atoms with E-state index in [-0.39, 0.29) is 12.5 Å². The van der Waals surface area contributed by atoms with Gasteiger partial charge in [0.1, 0.15) is 5.82 Å². The van der Waals surface area contributed by atoms with Gasteiger partial charge in [-0.1, -0.05) is 6.07 Å². The van der Waals surface area contributed by atoms with Gasteiger partial charge in [-0.05, 0) is 11.6 Å². The summed E-state index contributed by atoms with van der Waals surface area (Å²) in [7, 11) is 0. The van der Waals surface area contributed by atoms with E-state index in [9.17, 15) is 5.11 Å². The smallest absolute Gasteiger partial charge is 0.115 e. The van der Waals surface area contributed by atoms with Gasteiger partial charge in [-0.3, -0.25) is 4.98 Å². The Hall–Kier alpha value is -1.68. The molecule has 0 aliphatic heterocycles. The van der Waals surface area contributed by atoms with Crippen LogP contribution in [0.4, 0.5) is 0 Å². The Bertz CT molecular complexity index is 372. The van der Waals surface area contributed by atoms with Gasteiger partial charge in [-0.15, -0.1) is 0 Å². The maximum atomic E-state index is 9.26. The number of imidazole rings is 1. The minimum atomic E-state index is -0.112. The molecule has 1 unspecified atom stereocenters. The number of nitrogens with one attached hydrogen (secondary N) is 1. The van der Waals surface area contributed by atoms with Crippen molar-refractivity contribution in [3.8, 4) is 0 Å². The van der Waals surface area contributed by atoms with Gasteiger partial charge in [-0.25, -0.2) is 4.98 Å². The van der Waals surface area contributed by atoms with Crippen LogP contribution in [0.15, 0.2) is 36.9 Å². The number of aliphatic hydroxyl groups is 1. The third kappa shape index (κ3) is 1.65. The summed E-state index contributed by atoms with van der Waals surface area (Å²) >= 11 is 0. The Kier molecular flexibility index (Phi) is 2.55. The quantitative estimate of drug-likeness (QED) is 0.755. The van der Waals surface area contributed by atoms with Gasteiger partial charge in [0.25, 0.3) is 0 Å². The van der Waals surface area contributed by atoms with Crippen molar-refractivity contribution in [3.63, 3.8) is 0 Å². The number of H-pyrrole nitrogens is 1. The lowest BCUT2D eigenvalue weighted by Crippen LogP contribution is -2.08. The highest BCUT2D eigenvalue weighted by Crippen LogP contribution is 2.19. The largest absolute Gasteiger partial charge is 0.395 e. The first-order chi connectivity index (χ1) is 6.92. The zero-order chi connectivity index (χ0) is 9.80. The summed E-state index contributed by atoms with van der Waals surface area (Å²) in [6.07, 6.45) is 6.87. The number of hydrogen-bond acceptors (Lipinski definition) is 3. The van der Waals surface area contributed by atoms with E-state index < -0.39 is 0 Å². The van der Waals surface area contributed by atoms with E-state index in [1.54, 1.807) is 24.8 Å². The summed E-state index contributed by atoms with van der Waals surface area (Å²) in [5.41, 5.74) is 0.963. The fourth-order valence-corrected chi connectivity index (χ4v) is 1.40. The van der Waals surface area contributed by atoms with Crippen LogP contribution in [0.5, 0.6) is 0 Å². The van der Waals surface area contributed by atoms with Crippen LogP contribution >= 0.6 is 0 Å². The van der Waals surface area contributed by atoms with Crippen LogP contribution in [0.2, 0.25) is 0 Å². The van der Waals surface area contributed by atoms with Crippen molar-refractivity contribution in [1.29, 1.82) is 0 Å². The highest BCUT2D eigenvalue weighted by molar-refractivity contribution is 5.22. The average Bonchev–Trinajstić information content (AvgIpc) is 2.74. The molecule has 1 atom stereocenters. The molecule has 0 radical (unpaired) electrons. The molecule has 0 amide bonds. The summed E-state index contributed by atoms with van der Waals surface area (Å²) in [6.45, 7) is 0.0270. The Morgan fingerprint density at radius 3 is 2.93 bits per heavy atom. The topological polar surface area (TPSA) is 61.8 Å². The molecule has 2 N–H and O–H groups in total. The summed E-state index contributed by atoms with van der Waals surface area (Å²) in [4.78, 5) is 11.1. The van der Waals surface area contributed by atoms with Crippen molar-refractivity contribution in [3.05, 3.63) is 48.3 Å². The Labute approximate surface area is 81.7 Å². The number of rotatable bonds is 3. The molecule has 0 saturated heterocycles. The molecule has 4 heteroatoms. The Morgan fingerprint density at radius 2 is 2.36 bits per heavy atom. The third-order valence-corrected chi connectivity index (χ3v) is 2.12. The highest BCUT2D eigenvalue weighted by Gasteiger charge is 2.14. The normalized spacial score (nSPS) is 12.6. The first-order valence-electron chi connectivity index (χ1n) is 4.42. The van der Waals surface area contributed by atoms with Crippen molar-refractivity contribution < 1.29 is 5.11 Å². The molecule has 0 saturated carbocycles. The second-order valence-corrected chi connectivity index (χ2v) is 3.00. The van der Waals surface area contributed by atoms with E-state index >= 15 is 0 Å². The maximum Gasteiger partial charge on any atom is 0.115 e. The molecule has 0 fully saturated rings. The first kappa shape index (κ1) is 8.90.